The first-order valence-electron chi connectivity index (χ1n) is 4.87. The smallest absolute Gasteiger partial charge is 0.312 e. The van der Waals surface area contributed by atoms with Gasteiger partial charge in [0, 0.05) is 12.1 Å². The van der Waals surface area contributed by atoms with Crippen molar-refractivity contribution in [1.82, 2.24) is 0 Å². The van der Waals surface area contributed by atoms with Gasteiger partial charge in [-0.2, -0.15) is 0 Å². The highest BCUT2D eigenvalue weighted by atomic mass is 19.1. The molecule has 1 aromatic rings. The molecule has 88 valence electrons. The van der Waals surface area contributed by atoms with E-state index in [0.29, 0.717) is 5.56 Å². The zero-order valence-electron chi connectivity index (χ0n) is 8.85. The standard InChI is InChI=1S/C11H14FNO3/c1-6(12)8-4-7(2-3-10(8)14)9(5-13)11(15)16/h2-4,6,9,14H,5,13H2,1H3,(H,15,16). The van der Waals surface area contributed by atoms with E-state index in [1.165, 1.54) is 25.1 Å². The minimum atomic E-state index is -1.35. The number of alkyl halides is 1. The molecule has 0 heterocycles. The zero-order chi connectivity index (χ0) is 12.3. The van der Waals surface area contributed by atoms with E-state index in [9.17, 15) is 14.3 Å². The number of phenols is 1. The molecule has 0 saturated carbocycles. The molecule has 0 aliphatic heterocycles. The van der Waals surface area contributed by atoms with Gasteiger partial charge in [0.1, 0.15) is 11.9 Å². The van der Waals surface area contributed by atoms with Crippen LogP contribution in [0.3, 0.4) is 0 Å². The second-order valence-electron chi connectivity index (χ2n) is 3.56. The lowest BCUT2D eigenvalue weighted by Gasteiger charge is -2.13. The third-order valence-corrected chi connectivity index (χ3v) is 2.42. The number of hydrogen-bond donors (Lipinski definition) is 3. The lowest BCUT2D eigenvalue weighted by Crippen LogP contribution is -2.21. The van der Waals surface area contributed by atoms with E-state index in [1.807, 2.05) is 0 Å². The summed E-state index contributed by atoms with van der Waals surface area (Å²) >= 11 is 0. The highest BCUT2D eigenvalue weighted by molar-refractivity contribution is 5.76. The van der Waals surface area contributed by atoms with Crippen molar-refractivity contribution < 1.29 is 19.4 Å². The molecule has 4 N–H and O–H groups in total. The van der Waals surface area contributed by atoms with Crippen LogP contribution in [0.15, 0.2) is 18.2 Å². The number of carbonyl (C=O) groups is 1. The number of rotatable bonds is 4. The van der Waals surface area contributed by atoms with Gasteiger partial charge in [-0.05, 0) is 24.6 Å². The Morgan fingerprint density at radius 3 is 2.62 bits per heavy atom. The lowest BCUT2D eigenvalue weighted by molar-refractivity contribution is -0.138. The maximum atomic E-state index is 13.1. The quantitative estimate of drug-likeness (QED) is 0.728. The van der Waals surface area contributed by atoms with E-state index in [2.05, 4.69) is 0 Å². The van der Waals surface area contributed by atoms with Gasteiger partial charge in [-0.3, -0.25) is 4.79 Å². The number of aliphatic carboxylic acids is 1. The summed E-state index contributed by atoms with van der Waals surface area (Å²) in [5.41, 5.74) is 5.81. The molecule has 0 aromatic heterocycles. The van der Waals surface area contributed by atoms with Gasteiger partial charge in [-0.1, -0.05) is 6.07 Å². The molecule has 0 radical (unpaired) electrons. The molecule has 1 aromatic carbocycles. The van der Waals surface area contributed by atoms with Gasteiger partial charge in [0.25, 0.3) is 0 Å². The van der Waals surface area contributed by atoms with Crippen LogP contribution in [-0.4, -0.2) is 22.7 Å². The molecular weight excluding hydrogens is 213 g/mol. The normalized spacial score (nSPS) is 14.4. The van der Waals surface area contributed by atoms with Crippen LogP contribution in [0.4, 0.5) is 4.39 Å². The number of hydrogen-bond acceptors (Lipinski definition) is 3. The average Bonchev–Trinajstić information content (AvgIpc) is 2.20. The van der Waals surface area contributed by atoms with E-state index < -0.39 is 18.1 Å². The van der Waals surface area contributed by atoms with Crippen molar-refractivity contribution in [3.63, 3.8) is 0 Å². The van der Waals surface area contributed by atoms with Gasteiger partial charge in [0.15, 0.2) is 0 Å². The summed E-state index contributed by atoms with van der Waals surface area (Å²) in [6.07, 6.45) is -1.35. The Labute approximate surface area is 92.5 Å². The monoisotopic (exact) mass is 227 g/mol. The van der Waals surface area contributed by atoms with Crippen molar-refractivity contribution in [1.29, 1.82) is 0 Å². The summed E-state index contributed by atoms with van der Waals surface area (Å²) < 4.78 is 13.1. The molecule has 2 atom stereocenters. The Morgan fingerprint density at radius 1 is 1.56 bits per heavy atom. The van der Waals surface area contributed by atoms with Gasteiger partial charge in [-0.15, -0.1) is 0 Å². The average molecular weight is 227 g/mol. The fraction of sp³-hybridized carbons (Fsp3) is 0.364. The maximum Gasteiger partial charge on any atom is 0.312 e. The van der Waals surface area contributed by atoms with Crippen LogP contribution >= 0.6 is 0 Å². The van der Waals surface area contributed by atoms with Crippen LogP contribution in [0.5, 0.6) is 5.75 Å². The maximum absolute atomic E-state index is 13.1. The second-order valence-corrected chi connectivity index (χ2v) is 3.56. The molecule has 0 amide bonds. The Kier molecular flexibility index (Phi) is 3.84. The summed E-state index contributed by atoms with van der Waals surface area (Å²) in [6.45, 7) is 1.21. The van der Waals surface area contributed by atoms with Crippen molar-refractivity contribution in [2.24, 2.45) is 5.73 Å². The van der Waals surface area contributed by atoms with Crippen molar-refractivity contribution in [2.45, 2.75) is 19.0 Å². The van der Waals surface area contributed by atoms with E-state index in [0.717, 1.165) is 0 Å². The Hall–Kier alpha value is -1.62. The molecule has 0 saturated heterocycles. The fourth-order valence-electron chi connectivity index (χ4n) is 1.49. The van der Waals surface area contributed by atoms with E-state index in [-0.39, 0.29) is 17.9 Å². The largest absolute Gasteiger partial charge is 0.508 e. The van der Waals surface area contributed by atoms with E-state index in [1.54, 1.807) is 0 Å². The highest BCUT2D eigenvalue weighted by Crippen LogP contribution is 2.29. The number of benzene rings is 1. The minimum Gasteiger partial charge on any atom is -0.508 e. The molecule has 0 bridgehead atoms. The minimum absolute atomic E-state index is 0.0692. The van der Waals surface area contributed by atoms with Crippen LogP contribution in [0, 0.1) is 0 Å². The number of carboxylic acid groups (broad SMARTS) is 1. The number of aromatic hydroxyl groups is 1. The third-order valence-electron chi connectivity index (χ3n) is 2.42. The number of carboxylic acids is 1. The molecule has 4 nitrogen and oxygen atoms in total. The second kappa shape index (κ2) is 4.94. The summed E-state index contributed by atoms with van der Waals surface area (Å²) in [7, 11) is 0. The molecule has 1 rings (SSSR count). The Balaban J connectivity index is 3.15. The van der Waals surface area contributed by atoms with Crippen molar-refractivity contribution in [3.05, 3.63) is 29.3 Å². The zero-order valence-corrected chi connectivity index (χ0v) is 8.85. The number of nitrogens with two attached hydrogens (primary N) is 1. The molecule has 0 fully saturated rings. The first-order valence-corrected chi connectivity index (χ1v) is 4.87. The lowest BCUT2D eigenvalue weighted by atomic mass is 9.96. The number of phenolic OH excluding ortho intramolecular Hbond substituents is 1. The van der Waals surface area contributed by atoms with E-state index >= 15 is 0 Å². The summed E-state index contributed by atoms with van der Waals surface area (Å²) in [5, 5.41) is 18.3. The SMILES string of the molecule is CC(F)c1cc(C(CN)C(=O)O)ccc1O. The topological polar surface area (TPSA) is 83.6 Å². The molecule has 0 aliphatic rings. The van der Waals surface area contributed by atoms with Crippen molar-refractivity contribution in [2.75, 3.05) is 6.54 Å². The fourth-order valence-corrected chi connectivity index (χ4v) is 1.49. The van der Waals surface area contributed by atoms with Gasteiger partial charge in [0.2, 0.25) is 0 Å². The van der Waals surface area contributed by atoms with Gasteiger partial charge in [0.05, 0.1) is 5.92 Å². The van der Waals surface area contributed by atoms with Gasteiger partial charge >= 0.3 is 5.97 Å². The molecule has 5 heteroatoms. The van der Waals surface area contributed by atoms with Crippen molar-refractivity contribution >= 4 is 5.97 Å². The predicted molar refractivity (Wildman–Crippen MR) is 57.1 cm³/mol. The highest BCUT2D eigenvalue weighted by Gasteiger charge is 2.20. The summed E-state index contributed by atoms with van der Waals surface area (Å²) in [5.74, 6) is -2.12. The van der Waals surface area contributed by atoms with Crippen LogP contribution in [-0.2, 0) is 4.79 Å². The number of halogens is 1. The van der Waals surface area contributed by atoms with E-state index in [4.69, 9.17) is 10.8 Å². The Bertz CT molecular complexity index is 393. The van der Waals surface area contributed by atoms with Crippen LogP contribution in [0.25, 0.3) is 0 Å². The first-order chi connectivity index (χ1) is 7.47. The molecule has 0 aliphatic carbocycles. The summed E-state index contributed by atoms with van der Waals surface area (Å²) in [4.78, 5) is 10.9. The van der Waals surface area contributed by atoms with Crippen molar-refractivity contribution in [3.8, 4) is 5.75 Å². The molecular formula is C11H14FNO3. The van der Waals surface area contributed by atoms with Gasteiger partial charge < -0.3 is 15.9 Å². The first kappa shape index (κ1) is 12.4. The summed E-state index contributed by atoms with van der Waals surface area (Å²) in [6, 6.07) is 4.06. The molecule has 2 unspecified atom stereocenters. The molecule has 16 heavy (non-hydrogen) atoms. The third kappa shape index (κ3) is 2.49. The predicted octanol–water partition coefficient (Wildman–Crippen LogP) is 1.55. The van der Waals surface area contributed by atoms with Crippen LogP contribution < -0.4 is 5.73 Å². The van der Waals surface area contributed by atoms with Gasteiger partial charge in [-0.25, -0.2) is 4.39 Å². The Morgan fingerprint density at radius 2 is 2.19 bits per heavy atom. The van der Waals surface area contributed by atoms with Crippen LogP contribution in [0.1, 0.15) is 30.1 Å². The van der Waals surface area contributed by atoms with Crippen LogP contribution in [0.2, 0.25) is 0 Å². The molecule has 0 spiro atoms.